The molecule has 0 aromatic carbocycles. The molecule has 20 heavy (non-hydrogen) atoms. The average Bonchev–Trinajstić information content (AvgIpc) is 3.12. The van der Waals surface area contributed by atoms with Crippen molar-refractivity contribution in [3.05, 3.63) is 0 Å². The van der Waals surface area contributed by atoms with Gasteiger partial charge < -0.3 is 5.11 Å². The highest BCUT2D eigenvalue weighted by Crippen LogP contribution is 2.25. The summed E-state index contributed by atoms with van der Waals surface area (Å²) < 4.78 is 0. The molecule has 3 aliphatic rings. The van der Waals surface area contributed by atoms with Crippen molar-refractivity contribution in [3.8, 4) is 0 Å². The van der Waals surface area contributed by atoms with Gasteiger partial charge in [0.2, 0.25) is 0 Å². The van der Waals surface area contributed by atoms with Crippen LogP contribution in [0.5, 0.6) is 0 Å². The minimum atomic E-state index is -0.797. The van der Waals surface area contributed by atoms with Gasteiger partial charge in [-0.3, -0.25) is 19.9 Å². The number of nitrogens with zero attached hydrogens (tertiary/aromatic N) is 2. The number of hydrogen-bond acceptors (Lipinski definition) is 4. The third-order valence-electron chi connectivity index (χ3n) is 5.00. The number of carboxylic acid groups (broad SMARTS) is 1. The summed E-state index contributed by atoms with van der Waals surface area (Å²) >= 11 is 0. The molecule has 3 fully saturated rings. The lowest BCUT2D eigenvalue weighted by Crippen LogP contribution is -2.58. The molecule has 1 saturated carbocycles. The maximum Gasteiger partial charge on any atom is 0.324 e. The first-order valence-electron chi connectivity index (χ1n) is 8.04. The van der Waals surface area contributed by atoms with Gasteiger partial charge >= 0.3 is 5.97 Å². The Labute approximate surface area is 121 Å². The molecule has 5 nitrogen and oxygen atoms in total. The van der Waals surface area contributed by atoms with E-state index in [-0.39, 0.29) is 0 Å². The van der Waals surface area contributed by atoms with Crippen LogP contribution >= 0.6 is 0 Å². The van der Waals surface area contributed by atoms with E-state index in [0.29, 0.717) is 18.6 Å². The fourth-order valence-electron chi connectivity index (χ4n) is 3.73. The van der Waals surface area contributed by atoms with Gasteiger partial charge in [0.15, 0.2) is 0 Å². The Balaban J connectivity index is 1.63. The second-order valence-electron chi connectivity index (χ2n) is 6.98. The molecule has 2 saturated heterocycles. The summed E-state index contributed by atoms with van der Waals surface area (Å²) in [5, 5.41) is 12.9. The Morgan fingerprint density at radius 2 is 2.00 bits per heavy atom. The first-order valence-corrected chi connectivity index (χ1v) is 8.04. The number of carbonyl (C=O) groups is 1. The molecular weight excluding hydrogens is 254 g/mol. The van der Waals surface area contributed by atoms with Gasteiger partial charge in [-0.15, -0.1) is 0 Å². The molecule has 0 aromatic heterocycles. The standard InChI is InChI=1S/C15H27N3O2/c1-15(14(19)20,16-12-5-6-12)11-17-7-3-9-18-8-2-4-13(18)10-17/h12-13,16H,2-11H2,1H3,(H,19,20). The molecule has 2 heterocycles. The first kappa shape index (κ1) is 14.3. The second kappa shape index (κ2) is 5.62. The van der Waals surface area contributed by atoms with Crippen molar-refractivity contribution in [2.24, 2.45) is 0 Å². The molecule has 2 N–H and O–H groups in total. The Hall–Kier alpha value is -0.650. The van der Waals surface area contributed by atoms with Crippen LogP contribution in [0.15, 0.2) is 0 Å². The largest absolute Gasteiger partial charge is 0.480 e. The SMILES string of the molecule is CC(CN1CCCN2CCCC2C1)(NC1CC1)C(=O)O. The third-order valence-corrected chi connectivity index (χ3v) is 5.00. The van der Waals surface area contributed by atoms with Gasteiger partial charge in [0.05, 0.1) is 0 Å². The van der Waals surface area contributed by atoms with Crippen LogP contribution in [0.3, 0.4) is 0 Å². The molecule has 2 atom stereocenters. The van der Waals surface area contributed by atoms with Gasteiger partial charge in [0, 0.05) is 25.2 Å². The zero-order valence-corrected chi connectivity index (χ0v) is 12.5. The fourth-order valence-corrected chi connectivity index (χ4v) is 3.73. The van der Waals surface area contributed by atoms with E-state index in [1.807, 2.05) is 6.92 Å². The van der Waals surface area contributed by atoms with Crippen LogP contribution < -0.4 is 5.32 Å². The Morgan fingerprint density at radius 1 is 1.25 bits per heavy atom. The van der Waals surface area contributed by atoms with Crippen molar-refractivity contribution < 1.29 is 9.90 Å². The topological polar surface area (TPSA) is 55.8 Å². The summed E-state index contributed by atoms with van der Waals surface area (Å²) in [5.74, 6) is -0.711. The lowest BCUT2D eigenvalue weighted by Gasteiger charge is -2.34. The number of hydrogen-bond donors (Lipinski definition) is 2. The van der Waals surface area contributed by atoms with Crippen LogP contribution in [0.1, 0.15) is 39.0 Å². The molecule has 1 aliphatic carbocycles. The van der Waals surface area contributed by atoms with Crippen molar-refractivity contribution >= 4 is 5.97 Å². The smallest absolute Gasteiger partial charge is 0.324 e. The van der Waals surface area contributed by atoms with Gasteiger partial charge in [-0.25, -0.2) is 0 Å². The monoisotopic (exact) mass is 281 g/mol. The molecule has 0 aromatic rings. The second-order valence-corrected chi connectivity index (χ2v) is 6.98. The van der Waals surface area contributed by atoms with E-state index in [1.54, 1.807) is 0 Å². The van der Waals surface area contributed by atoms with E-state index in [0.717, 1.165) is 32.4 Å². The van der Waals surface area contributed by atoms with Crippen LogP contribution in [0.2, 0.25) is 0 Å². The Morgan fingerprint density at radius 3 is 2.70 bits per heavy atom. The lowest BCUT2D eigenvalue weighted by atomic mass is 10.0. The number of nitrogens with one attached hydrogen (secondary N) is 1. The van der Waals surface area contributed by atoms with E-state index in [1.165, 1.54) is 25.9 Å². The first-order chi connectivity index (χ1) is 9.57. The molecule has 2 unspecified atom stereocenters. The highest BCUT2D eigenvalue weighted by molar-refractivity contribution is 5.78. The van der Waals surface area contributed by atoms with Crippen LogP contribution in [0, 0.1) is 0 Å². The highest BCUT2D eigenvalue weighted by Gasteiger charge is 2.41. The fraction of sp³-hybridized carbons (Fsp3) is 0.933. The van der Waals surface area contributed by atoms with Gasteiger partial charge in [-0.1, -0.05) is 0 Å². The van der Waals surface area contributed by atoms with Crippen LogP contribution in [0.4, 0.5) is 0 Å². The molecule has 3 rings (SSSR count). The van der Waals surface area contributed by atoms with E-state index < -0.39 is 11.5 Å². The maximum absolute atomic E-state index is 11.7. The summed E-state index contributed by atoms with van der Waals surface area (Å²) in [6.07, 6.45) is 5.99. The van der Waals surface area contributed by atoms with Crippen LogP contribution in [-0.4, -0.2) is 71.2 Å². The zero-order valence-electron chi connectivity index (χ0n) is 12.5. The molecule has 5 heteroatoms. The molecule has 0 spiro atoms. The molecule has 0 radical (unpaired) electrons. The minimum Gasteiger partial charge on any atom is -0.480 e. The van der Waals surface area contributed by atoms with Gasteiger partial charge in [0.25, 0.3) is 0 Å². The van der Waals surface area contributed by atoms with Gasteiger partial charge in [0.1, 0.15) is 5.54 Å². The van der Waals surface area contributed by atoms with Crippen molar-refractivity contribution in [2.75, 3.05) is 32.7 Å². The summed E-state index contributed by atoms with van der Waals surface area (Å²) in [4.78, 5) is 16.6. The van der Waals surface area contributed by atoms with Crippen molar-refractivity contribution in [1.82, 2.24) is 15.1 Å². The van der Waals surface area contributed by atoms with E-state index >= 15 is 0 Å². The predicted molar refractivity (Wildman–Crippen MR) is 77.9 cm³/mol. The van der Waals surface area contributed by atoms with E-state index in [2.05, 4.69) is 15.1 Å². The number of carboxylic acids is 1. The summed E-state index contributed by atoms with van der Waals surface area (Å²) in [6.45, 7) is 6.96. The molecule has 0 bridgehead atoms. The maximum atomic E-state index is 11.7. The minimum absolute atomic E-state index is 0.422. The van der Waals surface area contributed by atoms with Crippen LogP contribution in [-0.2, 0) is 4.79 Å². The van der Waals surface area contributed by atoms with Crippen molar-refractivity contribution in [2.45, 2.75) is 56.7 Å². The molecule has 2 aliphatic heterocycles. The van der Waals surface area contributed by atoms with Crippen LogP contribution in [0.25, 0.3) is 0 Å². The lowest BCUT2D eigenvalue weighted by molar-refractivity contribution is -0.145. The number of fused-ring (bicyclic) bond motifs is 1. The van der Waals surface area contributed by atoms with Crippen molar-refractivity contribution in [1.29, 1.82) is 0 Å². The van der Waals surface area contributed by atoms with E-state index in [9.17, 15) is 9.90 Å². The van der Waals surface area contributed by atoms with Gasteiger partial charge in [-0.05, 0) is 58.7 Å². The molecule has 0 amide bonds. The number of rotatable bonds is 5. The van der Waals surface area contributed by atoms with Gasteiger partial charge in [-0.2, -0.15) is 0 Å². The summed E-state index contributed by atoms with van der Waals surface area (Å²) in [6, 6.07) is 1.07. The Bertz CT molecular complexity index is 372. The molecular formula is C15H27N3O2. The van der Waals surface area contributed by atoms with E-state index in [4.69, 9.17) is 0 Å². The summed E-state index contributed by atoms with van der Waals surface area (Å²) in [7, 11) is 0. The predicted octanol–water partition coefficient (Wildman–Crippen LogP) is 0.752. The number of aliphatic carboxylic acids is 1. The highest BCUT2D eigenvalue weighted by atomic mass is 16.4. The van der Waals surface area contributed by atoms with Crippen molar-refractivity contribution in [3.63, 3.8) is 0 Å². The average molecular weight is 281 g/mol. The molecule has 114 valence electrons. The quantitative estimate of drug-likeness (QED) is 0.779. The zero-order chi connectivity index (χ0) is 14.2. The summed E-state index contributed by atoms with van der Waals surface area (Å²) in [5.41, 5.74) is -0.797. The third kappa shape index (κ3) is 3.15. The Kier molecular flexibility index (Phi) is 4.02. The normalized spacial score (nSPS) is 31.6.